The molecule has 2 fully saturated rings. The lowest BCUT2D eigenvalue weighted by Gasteiger charge is -2.37. The summed E-state index contributed by atoms with van der Waals surface area (Å²) < 4.78 is 5.55. The van der Waals surface area contributed by atoms with Gasteiger partial charge in [-0.1, -0.05) is 23.7 Å². The van der Waals surface area contributed by atoms with E-state index in [1.54, 1.807) is 35.6 Å². The topological polar surface area (TPSA) is 58.6 Å². The number of carbonyl (C=O) groups is 2. The van der Waals surface area contributed by atoms with Crippen LogP contribution in [0.1, 0.15) is 28.1 Å². The largest absolute Gasteiger partial charge is 0.381 e. The highest BCUT2D eigenvalue weighted by molar-refractivity contribution is 7.09. The van der Waals surface area contributed by atoms with Gasteiger partial charge in [0.2, 0.25) is 5.91 Å². The summed E-state index contributed by atoms with van der Waals surface area (Å²) in [7, 11) is 0. The van der Waals surface area contributed by atoms with Crippen LogP contribution in [0.2, 0.25) is 5.02 Å². The summed E-state index contributed by atoms with van der Waals surface area (Å²) in [5, 5.41) is 5.62. The standard InChI is InChI=1S/C21H23ClN2O3S/c22-16-4-1-3-15(11-16)20(26)24-13-18(21(14-24)6-8-27-9-7-21)19(25)23-12-17-5-2-10-28-17/h1-5,10-11,18H,6-9,12-14H2,(H,23,25). The number of likely N-dealkylation sites (tertiary alicyclic amines) is 1. The van der Waals surface area contributed by atoms with Crippen LogP contribution in [-0.2, 0) is 16.1 Å². The van der Waals surface area contributed by atoms with Crippen molar-refractivity contribution in [3.05, 3.63) is 57.2 Å². The number of rotatable bonds is 4. The summed E-state index contributed by atoms with van der Waals surface area (Å²) in [5.41, 5.74) is 0.348. The molecule has 1 aromatic heterocycles. The average Bonchev–Trinajstić information content (AvgIpc) is 3.35. The van der Waals surface area contributed by atoms with Gasteiger partial charge in [0.15, 0.2) is 0 Å². The molecule has 0 aliphatic carbocycles. The van der Waals surface area contributed by atoms with E-state index in [2.05, 4.69) is 5.32 Å². The summed E-state index contributed by atoms with van der Waals surface area (Å²) in [6.45, 7) is 2.81. The Hall–Kier alpha value is -1.89. The Morgan fingerprint density at radius 3 is 2.79 bits per heavy atom. The Bertz CT molecular complexity index is 849. The van der Waals surface area contributed by atoms with Gasteiger partial charge in [0, 0.05) is 47.2 Å². The first-order valence-electron chi connectivity index (χ1n) is 9.50. The lowest BCUT2D eigenvalue weighted by molar-refractivity contribution is -0.130. The van der Waals surface area contributed by atoms with Crippen molar-refractivity contribution in [2.75, 3.05) is 26.3 Å². The van der Waals surface area contributed by atoms with E-state index in [1.807, 2.05) is 22.4 Å². The first-order chi connectivity index (χ1) is 13.6. The van der Waals surface area contributed by atoms with Crippen molar-refractivity contribution in [2.45, 2.75) is 19.4 Å². The van der Waals surface area contributed by atoms with Gasteiger partial charge in [-0.3, -0.25) is 9.59 Å². The van der Waals surface area contributed by atoms with E-state index >= 15 is 0 Å². The van der Waals surface area contributed by atoms with Crippen LogP contribution in [0, 0.1) is 11.3 Å². The highest BCUT2D eigenvalue weighted by Crippen LogP contribution is 2.44. The first-order valence-corrected chi connectivity index (χ1v) is 10.8. The number of hydrogen-bond donors (Lipinski definition) is 1. The second-order valence-electron chi connectivity index (χ2n) is 7.52. The van der Waals surface area contributed by atoms with Crippen molar-refractivity contribution in [1.29, 1.82) is 0 Å². The van der Waals surface area contributed by atoms with E-state index in [0.29, 0.717) is 43.4 Å². The second kappa shape index (κ2) is 8.23. The fourth-order valence-corrected chi connectivity index (χ4v) is 5.12. The van der Waals surface area contributed by atoms with Gasteiger partial charge in [0.1, 0.15) is 0 Å². The number of nitrogens with one attached hydrogen (secondary N) is 1. The molecule has 0 saturated carbocycles. The molecule has 2 aliphatic heterocycles. The highest BCUT2D eigenvalue weighted by atomic mass is 35.5. The molecule has 7 heteroatoms. The van der Waals surface area contributed by atoms with Crippen LogP contribution >= 0.6 is 22.9 Å². The summed E-state index contributed by atoms with van der Waals surface area (Å²) in [6, 6.07) is 11.0. The Kier molecular flexibility index (Phi) is 5.71. The molecule has 3 heterocycles. The number of amides is 2. The van der Waals surface area contributed by atoms with Gasteiger partial charge in [-0.2, -0.15) is 0 Å². The SMILES string of the molecule is O=C(NCc1cccs1)C1CN(C(=O)c2cccc(Cl)c2)CC12CCOCC2. The van der Waals surface area contributed by atoms with Crippen molar-refractivity contribution in [1.82, 2.24) is 10.2 Å². The number of hydrogen-bond acceptors (Lipinski definition) is 4. The fourth-order valence-electron chi connectivity index (χ4n) is 4.28. The van der Waals surface area contributed by atoms with Crippen molar-refractivity contribution >= 4 is 34.8 Å². The molecule has 1 spiro atoms. The predicted molar refractivity (Wildman–Crippen MR) is 109 cm³/mol. The molecule has 4 rings (SSSR count). The maximum absolute atomic E-state index is 13.1. The summed E-state index contributed by atoms with van der Waals surface area (Å²) in [6.07, 6.45) is 1.59. The molecule has 1 N–H and O–H groups in total. The Morgan fingerprint density at radius 2 is 2.07 bits per heavy atom. The van der Waals surface area contributed by atoms with Crippen LogP contribution in [0.15, 0.2) is 41.8 Å². The maximum atomic E-state index is 13.1. The van der Waals surface area contributed by atoms with Gasteiger partial charge in [-0.25, -0.2) is 0 Å². The molecular weight excluding hydrogens is 396 g/mol. The zero-order valence-electron chi connectivity index (χ0n) is 15.5. The molecule has 2 aliphatic rings. The molecule has 0 bridgehead atoms. The molecule has 28 heavy (non-hydrogen) atoms. The normalized spacial score (nSPS) is 21.0. The van der Waals surface area contributed by atoms with Crippen molar-refractivity contribution < 1.29 is 14.3 Å². The molecule has 1 unspecified atom stereocenters. The average molecular weight is 419 g/mol. The van der Waals surface area contributed by atoms with E-state index in [9.17, 15) is 9.59 Å². The minimum atomic E-state index is -0.223. The first kappa shape index (κ1) is 19.4. The molecule has 2 saturated heterocycles. The Labute approximate surface area is 173 Å². The van der Waals surface area contributed by atoms with Crippen LogP contribution in [-0.4, -0.2) is 43.0 Å². The van der Waals surface area contributed by atoms with E-state index in [0.717, 1.165) is 17.7 Å². The molecule has 148 valence electrons. The molecule has 2 amide bonds. The van der Waals surface area contributed by atoms with Crippen LogP contribution < -0.4 is 5.32 Å². The third-order valence-corrected chi connectivity index (χ3v) is 6.94. The predicted octanol–water partition coefficient (Wildman–Crippen LogP) is 3.59. The van der Waals surface area contributed by atoms with Crippen LogP contribution in [0.4, 0.5) is 0 Å². The van der Waals surface area contributed by atoms with Crippen molar-refractivity contribution in [3.8, 4) is 0 Å². The summed E-state index contributed by atoms with van der Waals surface area (Å²) in [4.78, 5) is 29.0. The zero-order chi connectivity index (χ0) is 19.6. The summed E-state index contributed by atoms with van der Waals surface area (Å²) >= 11 is 7.68. The molecule has 0 radical (unpaired) electrons. The minimum Gasteiger partial charge on any atom is -0.381 e. The number of benzene rings is 1. The fraction of sp³-hybridized carbons (Fsp3) is 0.429. The molecule has 1 atom stereocenters. The van der Waals surface area contributed by atoms with Gasteiger partial charge in [0.25, 0.3) is 5.91 Å². The van der Waals surface area contributed by atoms with Crippen LogP contribution in [0.5, 0.6) is 0 Å². The van der Waals surface area contributed by atoms with E-state index in [4.69, 9.17) is 16.3 Å². The Balaban J connectivity index is 1.52. The van der Waals surface area contributed by atoms with Gasteiger partial charge in [-0.15, -0.1) is 11.3 Å². The van der Waals surface area contributed by atoms with Gasteiger partial charge < -0.3 is 15.0 Å². The lowest BCUT2D eigenvalue weighted by Crippen LogP contribution is -2.44. The smallest absolute Gasteiger partial charge is 0.253 e. The molecule has 5 nitrogen and oxygen atoms in total. The number of halogens is 1. The highest BCUT2D eigenvalue weighted by Gasteiger charge is 2.51. The zero-order valence-corrected chi connectivity index (χ0v) is 17.1. The van der Waals surface area contributed by atoms with Crippen LogP contribution in [0.25, 0.3) is 0 Å². The Morgan fingerprint density at radius 1 is 1.25 bits per heavy atom. The number of nitrogens with zero attached hydrogens (tertiary/aromatic N) is 1. The molecule has 2 aromatic rings. The number of thiophene rings is 1. The van der Waals surface area contributed by atoms with E-state index in [-0.39, 0.29) is 23.1 Å². The van der Waals surface area contributed by atoms with Crippen LogP contribution in [0.3, 0.4) is 0 Å². The maximum Gasteiger partial charge on any atom is 0.253 e. The quantitative estimate of drug-likeness (QED) is 0.825. The third-order valence-electron chi connectivity index (χ3n) is 5.83. The minimum absolute atomic E-state index is 0.0247. The van der Waals surface area contributed by atoms with Crippen molar-refractivity contribution in [3.63, 3.8) is 0 Å². The second-order valence-corrected chi connectivity index (χ2v) is 8.99. The lowest BCUT2D eigenvalue weighted by atomic mass is 9.72. The van der Waals surface area contributed by atoms with Gasteiger partial charge in [0.05, 0.1) is 12.5 Å². The van der Waals surface area contributed by atoms with Gasteiger partial charge >= 0.3 is 0 Å². The monoisotopic (exact) mass is 418 g/mol. The third kappa shape index (κ3) is 3.95. The van der Waals surface area contributed by atoms with E-state index in [1.165, 1.54) is 0 Å². The molecular formula is C21H23ClN2O3S. The number of ether oxygens (including phenoxy) is 1. The van der Waals surface area contributed by atoms with Crippen molar-refractivity contribution in [2.24, 2.45) is 11.3 Å². The van der Waals surface area contributed by atoms with Gasteiger partial charge in [-0.05, 0) is 42.5 Å². The number of carbonyl (C=O) groups excluding carboxylic acids is 2. The molecule has 1 aromatic carbocycles. The summed E-state index contributed by atoms with van der Waals surface area (Å²) in [5.74, 6) is -0.266. The van der Waals surface area contributed by atoms with E-state index < -0.39 is 0 Å².